The van der Waals surface area contributed by atoms with E-state index in [0.717, 1.165) is 11.4 Å². The fraction of sp³-hybridized carbons (Fsp3) is 0.467. The monoisotopic (exact) mass is 277 g/mol. The first-order valence-corrected chi connectivity index (χ1v) is 6.58. The molecule has 0 bridgehead atoms. The summed E-state index contributed by atoms with van der Waals surface area (Å²) in [5.41, 5.74) is 2.61. The van der Waals surface area contributed by atoms with Gasteiger partial charge in [-0.25, -0.2) is 0 Å². The van der Waals surface area contributed by atoms with Gasteiger partial charge >= 0.3 is 0 Å². The van der Waals surface area contributed by atoms with Crippen molar-refractivity contribution in [2.75, 3.05) is 13.2 Å². The van der Waals surface area contributed by atoms with E-state index in [1.54, 1.807) is 0 Å². The first-order chi connectivity index (χ1) is 9.43. The molecule has 5 heteroatoms. The van der Waals surface area contributed by atoms with Gasteiger partial charge in [-0.2, -0.15) is 0 Å². The average molecular weight is 277 g/mol. The molecule has 0 saturated carbocycles. The molecule has 0 aromatic heterocycles. The highest BCUT2D eigenvalue weighted by Gasteiger charge is 2.36. The van der Waals surface area contributed by atoms with Crippen LogP contribution in [0.15, 0.2) is 34.6 Å². The molecule has 0 aromatic carbocycles. The number of allylic oxidation sites excluding steroid dienone is 3. The zero-order valence-electron chi connectivity index (χ0n) is 12.2. The molecule has 0 amide bonds. The molecule has 2 heterocycles. The molecule has 2 aliphatic heterocycles. The molecule has 0 saturated heterocycles. The van der Waals surface area contributed by atoms with Gasteiger partial charge in [-0.3, -0.25) is 9.59 Å². The molecule has 0 aliphatic carbocycles. The summed E-state index contributed by atoms with van der Waals surface area (Å²) in [5, 5.41) is 3.11. The summed E-state index contributed by atoms with van der Waals surface area (Å²) >= 11 is 0. The highest BCUT2D eigenvalue weighted by Crippen LogP contribution is 2.37. The van der Waals surface area contributed by atoms with Crippen LogP contribution in [0.5, 0.6) is 0 Å². The Bertz CT molecular complexity index is 518. The molecule has 0 unspecified atom stereocenters. The fourth-order valence-corrected chi connectivity index (χ4v) is 2.75. The molecular formula is C15H19NO4. The second-order valence-corrected chi connectivity index (χ2v) is 4.99. The minimum Gasteiger partial charge on any atom is -0.494 e. The van der Waals surface area contributed by atoms with Gasteiger partial charge in [-0.15, -0.1) is 0 Å². The number of nitrogens with one attached hydrogen (secondary N) is 1. The van der Waals surface area contributed by atoms with E-state index in [4.69, 9.17) is 9.47 Å². The van der Waals surface area contributed by atoms with Gasteiger partial charge in [-0.1, -0.05) is 0 Å². The maximum Gasteiger partial charge on any atom is 0.158 e. The zero-order valence-corrected chi connectivity index (χ0v) is 12.2. The summed E-state index contributed by atoms with van der Waals surface area (Å²) in [6, 6.07) is 0. The Balaban J connectivity index is 2.57. The van der Waals surface area contributed by atoms with Gasteiger partial charge in [-0.05, 0) is 27.7 Å². The number of ketones is 2. The predicted molar refractivity (Wildman–Crippen MR) is 73.4 cm³/mol. The summed E-state index contributed by atoms with van der Waals surface area (Å²) in [5.74, 6) is -0.124. The van der Waals surface area contributed by atoms with Crippen molar-refractivity contribution in [2.45, 2.75) is 27.7 Å². The minimum atomic E-state index is -0.480. The van der Waals surface area contributed by atoms with Crippen molar-refractivity contribution in [1.82, 2.24) is 5.32 Å². The van der Waals surface area contributed by atoms with Crippen molar-refractivity contribution in [1.29, 1.82) is 0 Å². The Morgan fingerprint density at radius 1 is 1.10 bits per heavy atom. The molecule has 5 nitrogen and oxygen atoms in total. The third kappa shape index (κ3) is 2.48. The second-order valence-electron chi connectivity index (χ2n) is 4.99. The lowest BCUT2D eigenvalue weighted by molar-refractivity contribution is -0.114. The van der Waals surface area contributed by atoms with Gasteiger partial charge in [0, 0.05) is 22.5 Å². The van der Waals surface area contributed by atoms with Gasteiger partial charge < -0.3 is 14.8 Å². The second kappa shape index (κ2) is 5.53. The van der Waals surface area contributed by atoms with E-state index >= 15 is 0 Å². The molecule has 20 heavy (non-hydrogen) atoms. The normalized spacial score (nSPS) is 19.9. The number of dihydropyridines is 1. The number of carbonyl (C=O) groups is 2. The molecule has 2 aliphatic rings. The maximum atomic E-state index is 12.0. The highest BCUT2D eigenvalue weighted by molar-refractivity contribution is 6.02. The smallest absolute Gasteiger partial charge is 0.158 e. The van der Waals surface area contributed by atoms with Crippen molar-refractivity contribution >= 4 is 11.6 Å². The Kier molecular flexibility index (Phi) is 3.97. The Hall–Kier alpha value is -2.04. The first-order valence-electron chi connectivity index (χ1n) is 6.58. The molecule has 1 N–H and O–H groups in total. The van der Waals surface area contributed by atoms with E-state index < -0.39 is 5.92 Å². The average Bonchev–Trinajstić information content (AvgIpc) is 2.37. The van der Waals surface area contributed by atoms with E-state index in [-0.39, 0.29) is 11.6 Å². The largest absolute Gasteiger partial charge is 0.494 e. The number of carbonyl (C=O) groups excluding carboxylic acids is 2. The molecule has 0 aromatic rings. The lowest BCUT2D eigenvalue weighted by atomic mass is 9.81. The van der Waals surface area contributed by atoms with Gasteiger partial charge in [0.25, 0.3) is 0 Å². The fourth-order valence-electron chi connectivity index (χ4n) is 2.75. The number of hydrogen-bond donors (Lipinski definition) is 1. The summed E-state index contributed by atoms with van der Waals surface area (Å²) < 4.78 is 10.9. The van der Waals surface area contributed by atoms with Gasteiger partial charge in [0.1, 0.15) is 25.2 Å². The van der Waals surface area contributed by atoms with Crippen LogP contribution in [0.3, 0.4) is 0 Å². The molecular weight excluding hydrogens is 258 g/mol. The highest BCUT2D eigenvalue weighted by atomic mass is 16.6. The van der Waals surface area contributed by atoms with Crippen LogP contribution >= 0.6 is 0 Å². The summed E-state index contributed by atoms with van der Waals surface area (Å²) in [6.45, 7) is 7.55. The van der Waals surface area contributed by atoms with E-state index in [1.807, 2.05) is 13.8 Å². The standard InChI is InChI=1S/C15H19NO4/c1-8-13(10(3)17)15(12-7-19-5-6-20-12)14(11(4)18)9(2)16-8/h7,15-16H,5-6H2,1-4H3. The minimum absolute atomic E-state index is 0.0821. The van der Waals surface area contributed by atoms with Gasteiger partial charge in [0.15, 0.2) is 11.6 Å². The Labute approximate surface area is 118 Å². The van der Waals surface area contributed by atoms with Crippen molar-refractivity contribution in [3.63, 3.8) is 0 Å². The quantitative estimate of drug-likeness (QED) is 0.852. The summed E-state index contributed by atoms with van der Waals surface area (Å²) in [7, 11) is 0. The third-order valence-electron chi connectivity index (χ3n) is 3.47. The lowest BCUT2D eigenvalue weighted by Gasteiger charge is -2.32. The Morgan fingerprint density at radius 3 is 2.05 bits per heavy atom. The van der Waals surface area contributed by atoms with Crippen LogP contribution in [0.1, 0.15) is 27.7 Å². The number of hydrogen-bond acceptors (Lipinski definition) is 5. The van der Waals surface area contributed by atoms with Crippen LogP contribution in [-0.4, -0.2) is 24.8 Å². The van der Waals surface area contributed by atoms with Gasteiger partial charge in [0.05, 0.1) is 5.92 Å². The van der Waals surface area contributed by atoms with Crippen LogP contribution in [0.25, 0.3) is 0 Å². The summed E-state index contributed by atoms with van der Waals surface area (Å²) in [6.07, 6.45) is 1.51. The van der Waals surface area contributed by atoms with Crippen LogP contribution < -0.4 is 5.32 Å². The number of Topliss-reactive ketones (excluding diaryl/α,β-unsaturated/α-hetero) is 2. The number of rotatable bonds is 3. The third-order valence-corrected chi connectivity index (χ3v) is 3.47. The van der Waals surface area contributed by atoms with E-state index in [2.05, 4.69) is 5.32 Å². The van der Waals surface area contributed by atoms with E-state index in [1.165, 1.54) is 20.1 Å². The van der Waals surface area contributed by atoms with Crippen LogP contribution in [0, 0.1) is 5.92 Å². The molecule has 0 fully saturated rings. The van der Waals surface area contributed by atoms with Crippen LogP contribution in [0.4, 0.5) is 0 Å². The number of ether oxygens (including phenoxy) is 2. The van der Waals surface area contributed by atoms with Crippen molar-refractivity contribution < 1.29 is 19.1 Å². The molecule has 0 spiro atoms. The topological polar surface area (TPSA) is 64.6 Å². The SMILES string of the molecule is CC(=O)C1=C(C)NC(C)=C(C(C)=O)C1C1=COCCO1. The Morgan fingerprint density at radius 2 is 1.65 bits per heavy atom. The molecule has 0 atom stereocenters. The molecule has 108 valence electrons. The maximum absolute atomic E-state index is 12.0. The lowest BCUT2D eigenvalue weighted by Crippen LogP contribution is -2.33. The van der Waals surface area contributed by atoms with Crippen LogP contribution in [-0.2, 0) is 19.1 Å². The first kappa shape index (κ1) is 14.4. The van der Waals surface area contributed by atoms with E-state index in [9.17, 15) is 9.59 Å². The van der Waals surface area contributed by atoms with Crippen molar-refractivity contribution in [3.8, 4) is 0 Å². The molecule has 0 radical (unpaired) electrons. The van der Waals surface area contributed by atoms with E-state index in [0.29, 0.717) is 30.1 Å². The zero-order chi connectivity index (χ0) is 14.9. The molecule has 2 rings (SSSR count). The summed E-state index contributed by atoms with van der Waals surface area (Å²) in [4.78, 5) is 24.0. The van der Waals surface area contributed by atoms with Crippen LogP contribution in [0.2, 0.25) is 0 Å². The predicted octanol–water partition coefficient (Wildman–Crippen LogP) is 1.82. The van der Waals surface area contributed by atoms with Crippen molar-refractivity contribution in [2.24, 2.45) is 5.92 Å². The van der Waals surface area contributed by atoms with Gasteiger partial charge in [0.2, 0.25) is 0 Å². The van der Waals surface area contributed by atoms with Crippen molar-refractivity contribution in [3.05, 3.63) is 34.6 Å².